The van der Waals surface area contributed by atoms with Gasteiger partial charge >= 0.3 is 12.1 Å². The lowest BCUT2D eigenvalue weighted by Gasteiger charge is -2.38. The lowest BCUT2D eigenvalue weighted by Crippen LogP contribution is -2.39. The molecule has 5 rings (SSSR count). The number of nitrogens with zero attached hydrogens (tertiary/aromatic N) is 2. The number of anilines is 1. The molecular weight excluding hydrogens is 527 g/mol. The molecular formula is C31H23F5N2O2. The molecule has 0 saturated carbocycles. The Labute approximate surface area is 227 Å². The lowest BCUT2D eigenvalue weighted by atomic mass is 9.93. The van der Waals surface area contributed by atoms with Gasteiger partial charge in [0.05, 0.1) is 25.1 Å². The Balaban J connectivity index is 1.71. The Morgan fingerprint density at radius 2 is 1.52 bits per heavy atom. The number of aryl methyl sites for hydroxylation is 1. The first kappa shape index (κ1) is 27.1. The highest BCUT2D eigenvalue weighted by Crippen LogP contribution is 2.44. The highest BCUT2D eigenvalue weighted by molar-refractivity contribution is 6.13. The predicted octanol–water partition coefficient (Wildman–Crippen LogP) is 8.16. The van der Waals surface area contributed by atoms with Gasteiger partial charge in [-0.25, -0.2) is 13.8 Å². The van der Waals surface area contributed by atoms with Gasteiger partial charge in [0.25, 0.3) is 0 Å². The molecule has 0 aromatic heterocycles. The Bertz CT molecular complexity index is 1600. The number of fused-ring (bicyclic) bond motifs is 1. The van der Waals surface area contributed by atoms with Crippen LogP contribution < -0.4 is 4.90 Å². The second-order valence-corrected chi connectivity index (χ2v) is 9.42. The van der Waals surface area contributed by atoms with E-state index in [9.17, 15) is 22.4 Å². The largest absolute Gasteiger partial charge is 0.469 e. The summed E-state index contributed by atoms with van der Waals surface area (Å²) in [5, 5.41) is 0. The molecule has 4 aromatic carbocycles. The molecule has 1 unspecified atom stereocenters. The number of rotatable bonds is 5. The maximum absolute atomic E-state index is 15.3. The van der Waals surface area contributed by atoms with E-state index in [-0.39, 0.29) is 29.4 Å². The highest BCUT2D eigenvalue weighted by atomic mass is 19.4. The number of carbonyl (C=O) groups excluding carboxylic acids is 1. The predicted molar refractivity (Wildman–Crippen MR) is 142 cm³/mol. The quantitative estimate of drug-likeness (QED) is 0.186. The fraction of sp³-hybridized carbons (Fsp3) is 0.161. The molecule has 1 atom stereocenters. The minimum absolute atomic E-state index is 0.000315. The van der Waals surface area contributed by atoms with Crippen LogP contribution in [-0.2, 0) is 15.7 Å². The van der Waals surface area contributed by atoms with Crippen LogP contribution in [0.15, 0.2) is 89.9 Å². The van der Waals surface area contributed by atoms with E-state index < -0.39 is 29.6 Å². The van der Waals surface area contributed by atoms with Gasteiger partial charge in [0.15, 0.2) is 0 Å². The number of benzene rings is 4. The van der Waals surface area contributed by atoms with Crippen LogP contribution in [0.25, 0.3) is 11.1 Å². The van der Waals surface area contributed by atoms with Crippen LogP contribution in [0.5, 0.6) is 0 Å². The second-order valence-electron chi connectivity index (χ2n) is 9.42. The molecule has 0 spiro atoms. The van der Waals surface area contributed by atoms with Gasteiger partial charge in [-0.05, 0) is 60.0 Å². The molecule has 9 heteroatoms. The lowest BCUT2D eigenvalue weighted by molar-refractivity contribution is -0.141. The third-order valence-electron chi connectivity index (χ3n) is 6.71. The van der Waals surface area contributed by atoms with E-state index in [0.717, 1.165) is 23.3 Å². The zero-order valence-corrected chi connectivity index (χ0v) is 21.5. The van der Waals surface area contributed by atoms with Crippen LogP contribution in [0.2, 0.25) is 0 Å². The molecule has 1 aliphatic rings. The molecule has 0 aliphatic carbocycles. The van der Waals surface area contributed by atoms with Crippen molar-refractivity contribution in [3.05, 3.63) is 119 Å². The van der Waals surface area contributed by atoms with E-state index in [4.69, 9.17) is 4.74 Å². The number of halogens is 5. The molecule has 4 aromatic rings. The summed E-state index contributed by atoms with van der Waals surface area (Å²) in [5.74, 6) is -1.45. The van der Waals surface area contributed by atoms with Gasteiger partial charge in [-0.3, -0.25) is 4.79 Å². The Kier molecular flexibility index (Phi) is 7.14. The number of methoxy groups -OCH3 is 1. The van der Waals surface area contributed by atoms with Crippen LogP contribution in [0, 0.1) is 18.6 Å². The van der Waals surface area contributed by atoms with Crippen molar-refractivity contribution in [3.63, 3.8) is 0 Å². The fourth-order valence-corrected chi connectivity index (χ4v) is 4.81. The number of hydrogen-bond acceptors (Lipinski definition) is 4. The summed E-state index contributed by atoms with van der Waals surface area (Å²) < 4.78 is 74.6. The summed E-state index contributed by atoms with van der Waals surface area (Å²) >= 11 is 0. The van der Waals surface area contributed by atoms with Crippen molar-refractivity contribution in [2.45, 2.75) is 25.6 Å². The summed E-state index contributed by atoms with van der Waals surface area (Å²) in [4.78, 5) is 18.6. The first-order valence-corrected chi connectivity index (χ1v) is 12.3. The van der Waals surface area contributed by atoms with Gasteiger partial charge in [0.2, 0.25) is 0 Å². The van der Waals surface area contributed by atoms with E-state index in [2.05, 4.69) is 4.99 Å². The Hall–Kier alpha value is -4.53. The number of aliphatic imine (C=N–C) groups is 1. The first-order chi connectivity index (χ1) is 19.0. The SMILES string of the molecule is COC(=O)CC1c2cc(C)cc(F)c2N=C(c2ccc(-c3ccc(F)cc3)cc2)N1c1cccc(C(F)(F)F)c1. The number of amidine groups is 1. The average molecular weight is 551 g/mol. The summed E-state index contributed by atoms with van der Waals surface area (Å²) in [6, 6.07) is 19.6. The number of carbonyl (C=O) groups is 1. The summed E-state index contributed by atoms with van der Waals surface area (Å²) in [7, 11) is 1.21. The number of hydrogen-bond donors (Lipinski definition) is 0. The Morgan fingerprint density at radius 3 is 2.15 bits per heavy atom. The molecule has 40 heavy (non-hydrogen) atoms. The fourth-order valence-electron chi connectivity index (χ4n) is 4.81. The molecule has 0 amide bonds. The van der Waals surface area contributed by atoms with Gasteiger partial charge in [-0.15, -0.1) is 0 Å². The van der Waals surface area contributed by atoms with Gasteiger partial charge in [-0.1, -0.05) is 48.5 Å². The van der Waals surface area contributed by atoms with Crippen molar-refractivity contribution in [2.75, 3.05) is 12.0 Å². The third-order valence-corrected chi connectivity index (χ3v) is 6.71. The average Bonchev–Trinajstić information content (AvgIpc) is 2.93. The van der Waals surface area contributed by atoms with E-state index >= 15 is 4.39 Å². The van der Waals surface area contributed by atoms with Gasteiger partial charge in [0.1, 0.15) is 23.2 Å². The molecule has 0 bridgehead atoms. The van der Waals surface area contributed by atoms with E-state index in [1.807, 2.05) is 0 Å². The number of esters is 1. The zero-order valence-electron chi connectivity index (χ0n) is 21.5. The van der Waals surface area contributed by atoms with Gasteiger partial charge < -0.3 is 9.64 Å². The van der Waals surface area contributed by atoms with Crippen LogP contribution in [0.4, 0.5) is 33.3 Å². The second kappa shape index (κ2) is 10.6. The normalized spacial score (nSPS) is 14.9. The van der Waals surface area contributed by atoms with E-state index in [1.165, 1.54) is 42.3 Å². The highest BCUT2D eigenvalue weighted by Gasteiger charge is 2.37. The molecule has 4 nitrogen and oxygen atoms in total. The summed E-state index contributed by atoms with van der Waals surface area (Å²) in [5.41, 5.74) is 2.16. The smallest absolute Gasteiger partial charge is 0.416 e. The first-order valence-electron chi connectivity index (χ1n) is 12.3. The van der Waals surface area contributed by atoms with Gasteiger partial charge in [-0.2, -0.15) is 13.2 Å². The number of ether oxygens (including phenoxy) is 1. The van der Waals surface area contributed by atoms with E-state index in [0.29, 0.717) is 16.7 Å². The van der Waals surface area contributed by atoms with Crippen LogP contribution in [0.1, 0.15) is 34.7 Å². The van der Waals surface area contributed by atoms with Crippen LogP contribution in [-0.4, -0.2) is 18.9 Å². The maximum atomic E-state index is 15.3. The minimum Gasteiger partial charge on any atom is -0.469 e. The van der Waals surface area contributed by atoms with Crippen molar-refractivity contribution >= 4 is 23.2 Å². The summed E-state index contributed by atoms with van der Waals surface area (Å²) in [6.07, 6.45) is -4.88. The van der Waals surface area contributed by atoms with Crippen molar-refractivity contribution in [1.82, 2.24) is 0 Å². The molecule has 1 heterocycles. The maximum Gasteiger partial charge on any atom is 0.416 e. The standard InChI is InChI=1S/C31H23F5N2O2/c1-18-14-25-27(17-28(39)40-2)38(24-5-3-4-22(16-24)31(34,35)36)30(37-29(25)26(33)15-18)21-8-6-19(7-9-21)20-10-12-23(32)13-11-20/h3-16,27H,17H2,1-2H3. The zero-order chi connectivity index (χ0) is 28.6. The van der Waals surface area contributed by atoms with E-state index in [1.54, 1.807) is 49.4 Å². The topological polar surface area (TPSA) is 41.9 Å². The molecule has 0 fully saturated rings. The van der Waals surface area contributed by atoms with Crippen molar-refractivity contribution < 1.29 is 31.5 Å². The third kappa shape index (κ3) is 5.32. The molecule has 0 N–H and O–H groups in total. The van der Waals surface area contributed by atoms with Crippen LogP contribution in [0.3, 0.4) is 0 Å². The minimum atomic E-state index is -4.61. The summed E-state index contributed by atoms with van der Waals surface area (Å²) in [6.45, 7) is 1.68. The van der Waals surface area contributed by atoms with Crippen molar-refractivity contribution in [3.8, 4) is 11.1 Å². The van der Waals surface area contributed by atoms with Crippen LogP contribution >= 0.6 is 0 Å². The molecule has 1 aliphatic heterocycles. The molecule has 0 radical (unpaired) electrons. The van der Waals surface area contributed by atoms with Gasteiger partial charge in [0, 0.05) is 16.8 Å². The van der Waals surface area contributed by atoms with Crippen molar-refractivity contribution in [1.29, 1.82) is 0 Å². The molecule has 204 valence electrons. The molecule has 0 saturated heterocycles. The number of alkyl halides is 3. The Morgan fingerprint density at radius 1 is 0.900 bits per heavy atom. The van der Waals surface area contributed by atoms with Crippen molar-refractivity contribution in [2.24, 2.45) is 4.99 Å². The monoisotopic (exact) mass is 550 g/mol.